The first-order chi connectivity index (χ1) is 9.08. The van der Waals surface area contributed by atoms with E-state index in [9.17, 15) is 4.79 Å². The summed E-state index contributed by atoms with van der Waals surface area (Å²) in [4.78, 5) is 17.8. The number of pyridine rings is 1. The second-order valence-corrected chi connectivity index (χ2v) is 4.66. The Morgan fingerprint density at radius 3 is 2.63 bits per heavy atom. The molecule has 98 valence electrons. The van der Waals surface area contributed by atoms with Crippen LogP contribution in [0, 0.1) is 0 Å². The van der Waals surface area contributed by atoms with Crippen LogP contribution in [0.1, 0.15) is 15.9 Å². The van der Waals surface area contributed by atoms with Crippen molar-refractivity contribution in [3.63, 3.8) is 0 Å². The minimum Gasteiger partial charge on any atom is -0.398 e. The van der Waals surface area contributed by atoms with Gasteiger partial charge in [-0.2, -0.15) is 0 Å². The van der Waals surface area contributed by atoms with Crippen molar-refractivity contribution >= 4 is 23.2 Å². The van der Waals surface area contributed by atoms with Crippen LogP contribution in [0.15, 0.2) is 42.7 Å². The number of nitrogen functional groups attached to an aromatic ring is 1. The molecule has 1 aromatic heterocycles. The van der Waals surface area contributed by atoms with Crippen molar-refractivity contribution < 1.29 is 4.79 Å². The zero-order valence-corrected chi connectivity index (χ0v) is 11.3. The van der Waals surface area contributed by atoms with Gasteiger partial charge < -0.3 is 10.6 Å². The predicted octanol–water partition coefficient (Wildman–Crippen LogP) is 2.59. The average Bonchev–Trinajstić information content (AvgIpc) is 2.42. The molecule has 2 rings (SSSR count). The number of nitrogens with two attached hydrogens (primary N) is 1. The van der Waals surface area contributed by atoms with Crippen LogP contribution >= 0.6 is 11.6 Å². The molecule has 0 spiro atoms. The number of hydrogen-bond donors (Lipinski definition) is 1. The van der Waals surface area contributed by atoms with Gasteiger partial charge in [0.05, 0.1) is 10.7 Å². The molecule has 2 aromatic rings. The highest BCUT2D eigenvalue weighted by atomic mass is 35.5. The summed E-state index contributed by atoms with van der Waals surface area (Å²) < 4.78 is 0. The largest absolute Gasteiger partial charge is 0.398 e. The van der Waals surface area contributed by atoms with Crippen molar-refractivity contribution in [2.24, 2.45) is 0 Å². The van der Waals surface area contributed by atoms with Crippen molar-refractivity contribution in [2.75, 3.05) is 12.8 Å². The molecule has 0 fully saturated rings. The third-order valence-corrected chi connectivity index (χ3v) is 3.10. The van der Waals surface area contributed by atoms with E-state index in [-0.39, 0.29) is 5.91 Å². The van der Waals surface area contributed by atoms with Crippen LogP contribution in [0.4, 0.5) is 5.69 Å². The van der Waals surface area contributed by atoms with Crippen molar-refractivity contribution in [3.05, 3.63) is 58.9 Å². The monoisotopic (exact) mass is 275 g/mol. The molecular formula is C14H14ClN3O. The van der Waals surface area contributed by atoms with E-state index in [1.807, 2.05) is 12.1 Å². The highest BCUT2D eigenvalue weighted by Crippen LogP contribution is 2.20. The Morgan fingerprint density at radius 2 is 2.00 bits per heavy atom. The van der Waals surface area contributed by atoms with Crippen molar-refractivity contribution in [2.45, 2.75) is 6.54 Å². The van der Waals surface area contributed by atoms with Crippen LogP contribution in [-0.4, -0.2) is 22.8 Å². The van der Waals surface area contributed by atoms with E-state index in [0.717, 1.165) is 5.56 Å². The predicted molar refractivity (Wildman–Crippen MR) is 75.9 cm³/mol. The highest BCUT2D eigenvalue weighted by molar-refractivity contribution is 6.33. The Morgan fingerprint density at radius 1 is 1.32 bits per heavy atom. The summed E-state index contributed by atoms with van der Waals surface area (Å²) in [5, 5.41) is 0.452. The molecular weight excluding hydrogens is 262 g/mol. The van der Waals surface area contributed by atoms with Crippen molar-refractivity contribution in [3.8, 4) is 0 Å². The Kier molecular flexibility index (Phi) is 4.02. The van der Waals surface area contributed by atoms with E-state index >= 15 is 0 Å². The Hall–Kier alpha value is -2.07. The molecule has 0 atom stereocenters. The van der Waals surface area contributed by atoms with Gasteiger partial charge in [-0.1, -0.05) is 11.6 Å². The van der Waals surface area contributed by atoms with Crippen LogP contribution in [0.2, 0.25) is 5.02 Å². The standard InChI is InChI=1S/C14H14ClN3O/c1-18(9-10-4-6-17-7-5-10)14(19)11-2-3-12(15)13(16)8-11/h2-8H,9,16H2,1H3. The number of rotatable bonds is 3. The van der Waals surface area contributed by atoms with Gasteiger partial charge >= 0.3 is 0 Å². The number of benzene rings is 1. The minimum absolute atomic E-state index is 0.0971. The summed E-state index contributed by atoms with van der Waals surface area (Å²) in [6, 6.07) is 8.64. The van der Waals surface area contributed by atoms with E-state index in [1.165, 1.54) is 0 Å². The highest BCUT2D eigenvalue weighted by Gasteiger charge is 2.13. The second-order valence-electron chi connectivity index (χ2n) is 4.25. The smallest absolute Gasteiger partial charge is 0.253 e. The average molecular weight is 276 g/mol. The summed E-state index contributed by atoms with van der Waals surface area (Å²) in [5.74, 6) is -0.0971. The third-order valence-electron chi connectivity index (χ3n) is 2.76. The second kappa shape index (κ2) is 5.71. The molecule has 1 aromatic carbocycles. The van der Waals surface area contributed by atoms with Gasteiger partial charge in [-0.3, -0.25) is 9.78 Å². The van der Waals surface area contributed by atoms with Crippen LogP contribution in [-0.2, 0) is 6.54 Å². The van der Waals surface area contributed by atoms with Gasteiger partial charge in [0.1, 0.15) is 0 Å². The topological polar surface area (TPSA) is 59.2 Å². The summed E-state index contributed by atoms with van der Waals surface area (Å²) in [6.45, 7) is 0.518. The summed E-state index contributed by atoms with van der Waals surface area (Å²) in [5.41, 5.74) is 7.65. The quantitative estimate of drug-likeness (QED) is 0.876. The molecule has 1 amide bonds. The molecule has 4 nitrogen and oxygen atoms in total. The number of amides is 1. The number of carbonyl (C=O) groups excluding carboxylic acids is 1. The van der Waals surface area contributed by atoms with Crippen molar-refractivity contribution in [1.82, 2.24) is 9.88 Å². The normalized spacial score (nSPS) is 10.2. The Labute approximate surface area is 116 Å². The molecule has 0 aliphatic rings. The molecule has 2 N–H and O–H groups in total. The number of anilines is 1. The van der Waals surface area contributed by atoms with Crippen molar-refractivity contribution in [1.29, 1.82) is 0 Å². The van der Waals surface area contributed by atoms with Gasteiger partial charge in [0, 0.05) is 31.5 Å². The molecule has 19 heavy (non-hydrogen) atoms. The lowest BCUT2D eigenvalue weighted by molar-refractivity contribution is 0.0785. The SMILES string of the molecule is CN(Cc1ccncc1)C(=O)c1ccc(Cl)c(N)c1. The van der Waals surface area contributed by atoms with E-state index in [0.29, 0.717) is 22.8 Å². The molecule has 0 saturated heterocycles. The maximum absolute atomic E-state index is 12.2. The third kappa shape index (κ3) is 3.23. The van der Waals surface area contributed by atoms with E-state index in [4.69, 9.17) is 17.3 Å². The molecule has 1 heterocycles. The Balaban J connectivity index is 2.12. The molecule has 0 radical (unpaired) electrons. The van der Waals surface area contributed by atoms with Gasteiger partial charge in [0.15, 0.2) is 0 Å². The fourth-order valence-corrected chi connectivity index (χ4v) is 1.85. The zero-order valence-electron chi connectivity index (χ0n) is 10.5. The minimum atomic E-state index is -0.0971. The molecule has 0 saturated carbocycles. The lowest BCUT2D eigenvalue weighted by Gasteiger charge is -2.17. The molecule has 0 aliphatic carbocycles. The van der Waals surface area contributed by atoms with Crippen LogP contribution < -0.4 is 5.73 Å². The molecule has 0 bridgehead atoms. The van der Waals surface area contributed by atoms with Gasteiger partial charge in [-0.05, 0) is 35.9 Å². The van der Waals surface area contributed by atoms with E-state index in [2.05, 4.69) is 4.98 Å². The van der Waals surface area contributed by atoms with Gasteiger partial charge in [0.2, 0.25) is 0 Å². The lowest BCUT2D eigenvalue weighted by Crippen LogP contribution is -2.26. The van der Waals surface area contributed by atoms with Gasteiger partial charge in [-0.25, -0.2) is 0 Å². The number of hydrogen-bond acceptors (Lipinski definition) is 3. The molecule has 5 heteroatoms. The number of carbonyl (C=O) groups is 1. The maximum atomic E-state index is 12.2. The van der Waals surface area contributed by atoms with E-state index < -0.39 is 0 Å². The molecule has 0 aliphatic heterocycles. The summed E-state index contributed by atoms with van der Waals surface area (Å²) >= 11 is 5.84. The van der Waals surface area contributed by atoms with Gasteiger partial charge in [0.25, 0.3) is 5.91 Å². The van der Waals surface area contributed by atoms with Crippen LogP contribution in [0.5, 0.6) is 0 Å². The first-order valence-corrected chi connectivity index (χ1v) is 6.15. The fraction of sp³-hybridized carbons (Fsp3) is 0.143. The first-order valence-electron chi connectivity index (χ1n) is 5.77. The zero-order chi connectivity index (χ0) is 13.8. The number of aromatic nitrogens is 1. The molecule has 0 unspecified atom stereocenters. The lowest BCUT2D eigenvalue weighted by atomic mass is 10.1. The Bertz CT molecular complexity index is 586. The van der Waals surface area contributed by atoms with Gasteiger partial charge in [-0.15, -0.1) is 0 Å². The number of nitrogens with zero attached hydrogens (tertiary/aromatic N) is 2. The maximum Gasteiger partial charge on any atom is 0.253 e. The van der Waals surface area contributed by atoms with E-state index in [1.54, 1.807) is 42.5 Å². The summed E-state index contributed by atoms with van der Waals surface area (Å²) in [7, 11) is 1.74. The fourth-order valence-electron chi connectivity index (χ4n) is 1.73. The van der Waals surface area contributed by atoms with Crippen LogP contribution in [0.25, 0.3) is 0 Å². The number of halogens is 1. The van der Waals surface area contributed by atoms with Crippen LogP contribution in [0.3, 0.4) is 0 Å². The first kappa shape index (κ1) is 13.4. The summed E-state index contributed by atoms with van der Waals surface area (Å²) in [6.07, 6.45) is 3.40.